The van der Waals surface area contributed by atoms with Crippen LogP contribution < -0.4 is 0 Å². The molecule has 1 saturated heterocycles. The van der Waals surface area contributed by atoms with E-state index in [0.29, 0.717) is 37.4 Å². The van der Waals surface area contributed by atoms with Crippen molar-refractivity contribution in [3.8, 4) is 12.3 Å². The summed E-state index contributed by atoms with van der Waals surface area (Å²) in [6.07, 6.45) is 6.51. The number of aliphatic hydroxyl groups is 1. The van der Waals surface area contributed by atoms with Crippen molar-refractivity contribution in [2.45, 2.75) is 24.9 Å². The van der Waals surface area contributed by atoms with Crippen LogP contribution in [0.4, 0.5) is 0 Å². The van der Waals surface area contributed by atoms with E-state index < -0.39 is 5.60 Å². The molecule has 2 rings (SSSR count). The highest BCUT2D eigenvalue weighted by atomic mass is 35.5. The Hall–Kier alpha value is -1.50. The fraction of sp³-hybridized carbons (Fsp3) is 0.400. The standard InChI is InChI=1S/C15H16ClNO2/c1-2-15(19)7-9-17(10-8-15)14(18)11-12-3-5-13(16)6-4-12/h1,3-6,19H,7-11H2. The lowest BCUT2D eigenvalue weighted by molar-refractivity contribution is -0.133. The van der Waals surface area contributed by atoms with Gasteiger partial charge in [-0.25, -0.2) is 0 Å². The molecular formula is C15H16ClNO2. The van der Waals surface area contributed by atoms with Crippen molar-refractivity contribution in [2.24, 2.45) is 0 Å². The van der Waals surface area contributed by atoms with E-state index in [1.165, 1.54) is 0 Å². The Morgan fingerprint density at radius 1 is 1.37 bits per heavy atom. The summed E-state index contributed by atoms with van der Waals surface area (Å²) in [6.45, 7) is 1.01. The Labute approximate surface area is 118 Å². The van der Waals surface area contributed by atoms with Gasteiger partial charge in [-0.3, -0.25) is 4.79 Å². The lowest BCUT2D eigenvalue weighted by Crippen LogP contribution is -2.46. The molecule has 0 saturated carbocycles. The molecule has 1 aliphatic heterocycles. The van der Waals surface area contributed by atoms with Crippen LogP contribution in [0.2, 0.25) is 5.02 Å². The summed E-state index contributed by atoms with van der Waals surface area (Å²) in [6, 6.07) is 7.25. The molecule has 4 heteroatoms. The molecule has 100 valence electrons. The van der Waals surface area contributed by atoms with E-state index in [1.54, 1.807) is 17.0 Å². The molecule has 0 spiro atoms. The molecule has 0 radical (unpaired) electrons. The molecule has 1 amide bonds. The first-order valence-electron chi connectivity index (χ1n) is 6.25. The van der Waals surface area contributed by atoms with E-state index in [2.05, 4.69) is 5.92 Å². The highest BCUT2D eigenvalue weighted by Gasteiger charge is 2.31. The first kappa shape index (κ1) is 13.9. The van der Waals surface area contributed by atoms with Gasteiger partial charge < -0.3 is 10.0 Å². The molecule has 0 aromatic heterocycles. The smallest absolute Gasteiger partial charge is 0.226 e. The van der Waals surface area contributed by atoms with E-state index in [0.717, 1.165) is 5.56 Å². The van der Waals surface area contributed by atoms with Crippen molar-refractivity contribution in [1.82, 2.24) is 4.90 Å². The van der Waals surface area contributed by atoms with Gasteiger partial charge in [0.1, 0.15) is 5.60 Å². The monoisotopic (exact) mass is 277 g/mol. The minimum atomic E-state index is -1.04. The summed E-state index contributed by atoms with van der Waals surface area (Å²) in [5.74, 6) is 2.46. The van der Waals surface area contributed by atoms with Gasteiger partial charge in [-0.2, -0.15) is 0 Å². The number of amides is 1. The summed E-state index contributed by atoms with van der Waals surface area (Å²) in [4.78, 5) is 13.9. The van der Waals surface area contributed by atoms with E-state index >= 15 is 0 Å². The maximum atomic E-state index is 12.1. The number of nitrogens with zero attached hydrogens (tertiary/aromatic N) is 1. The summed E-state index contributed by atoms with van der Waals surface area (Å²) >= 11 is 5.80. The van der Waals surface area contributed by atoms with Crippen LogP contribution in [0, 0.1) is 12.3 Å². The first-order valence-corrected chi connectivity index (χ1v) is 6.62. The minimum Gasteiger partial charge on any atom is -0.377 e. The number of rotatable bonds is 2. The molecule has 0 atom stereocenters. The molecule has 3 nitrogen and oxygen atoms in total. The van der Waals surface area contributed by atoms with Crippen LogP contribution in [0.15, 0.2) is 24.3 Å². The van der Waals surface area contributed by atoms with E-state index in [-0.39, 0.29) is 5.91 Å². The number of likely N-dealkylation sites (tertiary alicyclic amines) is 1. The lowest BCUT2D eigenvalue weighted by Gasteiger charge is -2.35. The van der Waals surface area contributed by atoms with Gasteiger partial charge in [0.2, 0.25) is 5.91 Å². The zero-order chi connectivity index (χ0) is 13.9. The van der Waals surface area contributed by atoms with Crippen LogP contribution in [0.25, 0.3) is 0 Å². The zero-order valence-electron chi connectivity index (χ0n) is 10.6. The molecule has 1 aromatic carbocycles. The number of carbonyl (C=O) groups is 1. The van der Waals surface area contributed by atoms with Gasteiger partial charge in [-0.05, 0) is 17.7 Å². The lowest BCUT2D eigenvalue weighted by atomic mass is 9.92. The SMILES string of the molecule is C#CC1(O)CCN(C(=O)Cc2ccc(Cl)cc2)CC1. The second kappa shape index (κ2) is 5.64. The van der Waals surface area contributed by atoms with E-state index in [9.17, 15) is 9.90 Å². The Balaban J connectivity index is 1.92. The first-order chi connectivity index (χ1) is 9.02. The molecule has 0 unspecified atom stereocenters. The predicted octanol–water partition coefficient (Wildman–Crippen LogP) is 1.87. The van der Waals surface area contributed by atoms with E-state index in [4.69, 9.17) is 18.0 Å². The topological polar surface area (TPSA) is 40.5 Å². The molecule has 1 fully saturated rings. The van der Waals surface area contributed by atoms with Crippen molar-refractivity contribution < 1.29 is 9.90 Å². The molecule has 1 heterocycles. The number of halogens is 1. The molecule has 0 aliphatic carbocycles. The highest BCUT2D eigenvalue weighted by molar-refractivity contribution is 6.30. The third kappa shape index (κ3) is 3.50. The minimum absolute atomic E-state index is 0.0568. The van der Waals surface area contributed by atoms with Gasteiger partial charge in [0.05, 0.1) is 6.42 Å². The molecule has 0 bridgehead atoms. The third-order valence-corrected chi connectivity index (χ3v) is 3.73. The number of terminal acetylenes is 1. The fourth-order valence-electron chi connectivity index (χ4n) is 2.16. The van der Waals surface area contributed by atoms with E-state index in [1.807, 2.05) is 12.1 Å². The number of hydrogen-bond donors (Lipinski definition) is 1. The van der Waals surface area contributed by atoms with Crippen molar-refractivity contribution in [2.75, 3.05) is 13.1 Å². The average Bonchev–Trinajstić information content (AvgIpc) is 2.42. The summed E-state index contributed by atoms with van der Waals surface area (Å²) in [7, 11) is 0. The Kier molecular flexibility index (Phi) is 4.14. The van der Waals surface area contributed by atoms with Gasteiger partial charge in [-0.15, -0.1) is 6.42 Å². The van der Waals surface area contributed by atoms with Gasteiger partial charge in [0, 0.05) is 31.0 Å². The quantitative estimate of drug-likeness (QED) is 0.839. The van der Waals surface area contributed by atoms with Crippen molar-refractivity contribution >= 4 is 17.5 Å². The Bertz CT molecular complexity index is 496. The number of carbonyl (C=O) groups excluding carboxylic acids is 1. The maximum Gasteiger partial charge on any atom is 0.226 e. The number of piperidine rings is 1. The van der Waals surface area contributed by atoms with Gasteiger partial charge in [0.15, 0.2) is 0 Å². The Morgan fingerprint density at radius 2 is 1.95 bits per heavy atom. The van der Waals surface area contributed by atoms with Crippen LogP contribution in [-0.2, 0) is 11.2 Å². The highest BCUT2D eigenvalue weighted by Crippen LogP contribution is 2.21. The predicted molar refractivity (Wildman–Crippen MR) is 74.8 cm³/mol. The summed E-state index contributed by atoms with van der Waals surface area (Å²) < 4.78 is 0. The average molecular weight is 278 g/mol. The summed E-state index contributed by atoms with van der Waals surface area (Å²) in [5, 5.41) is 10.6. The normalized spacial score (nSPS) is 17.8. The van der Waals surface area contributed by atoms with Crippen LogP contribution in [-0.4, -0.2) is 34.6 Å². The molecule has 1 N–H and O–H groups in total. The van der Waals surface area contributed by atoms with Crippen LogP contribution >= 0.6 is 11.6 Å². The largest absolute Gasteiger partial charge is 0.377 e. The molecule has 19 heavy (non-hydrogen) atoms. The van der Waals surface area contributed by atoms with Crippen molar-refractivity contribution in [3.63, 3.8) is 0 Å². The second-order valence-electron chi connectivity index (χ2n) is 4.86. The van der Waals surface area contributed by atoms with Gasteiger partial charge in [0.25, 0.3) is 0 Å². The van der Waals surface area contributed by atoms with Crippen molar-refractivity contribution in [3.05, 3.63) is 34.9 Å². The fourth-order valence-corrected chi connectivity index (χ4v) is 2.29. The number of hydrogen-bond acceptors (Lipinski definition) is 2. The third-order valence-electron chi connectivity index (χ3n) is 3.48. The van der Waals surface area contributed by atoms with Gasteiger partial charge in [-0.1, -0.05) is 29.7 Å². The number of benzene rings is 1. The van der Waals surface area contributed by atoms with Crippen LogP contribution in [0.3, 0.4) is 0 Å². The second-order valence-corrected chi connectivity index (χ2v) is 5.30. The maximum absolute atomic E-state index is 12.1. The molecule has 1 aromatic rings. The summed E-state index contributed by atoms with van der Waals surface area (Å²) in [5.41, 5.74) is -0.107. The van der Waals surface area contributed by atoms with Crippen molar-refractivity contribution in [1.29, 1.82) is 0 Å². The Morgan fingerprint density at radius 3 is 2.47 bits per heavy atom. The molecular weight excluding hydrogens is 262 g/mol. The zero-order valence-corrected chi connectivity index (χ0v) is 11.4. The van der Waals surface area contributed by atoms with Crippen LogP contribution in [0.1, 0.15) is 18.4 Å². The van der Waals surface area contributed by atoms with Gasteiger partial charge >= 0.3 is 0 Å². The van der Waals surface area contributed by atoms with Crippen LogP contribution in [0.5, 0.6) is 0 Å². The molecule has 1 aliphatic rings.